The number of piperidine rings is 1. The van der Waals surface area contributed by atoms with Crippen LogP contribution in [0.5, 0.6) is 0 Å². The molecule has 2 heterocycles. The van der Waals surface area contributed by atoms with Gasteiger partial charge in [0.15, 0.2) is 0 Å². The molecule has 0 spiro atoms. The van der Waals surface area contributed by atoms with E-state index < -0.39 is 0 Å². The van der Waals surface area contributed by atoms with Gasteiger partial charge in [-0.1, -0.05) is 19.9 Å². The van der Waals surface area contributed by atoms with Crippen LogP contribution in [-0.2, 0) is 0 Å². The maximum atomic E-state index is 12.1. The highest BCUT2D eigenvalue weighted by Crippen LogP contribution is 2.29. The Morgan fingerprint density at radius 2 is 2.33 bits per heavy atom. The lowest BCUT2D eigenvalue weighted by Crippen LogP contribution is -2.43. The van der Waals surface area contributed by atoms with Gasteiger partial charge in [-0.05, 0) is 29.7 Å². The fourth-order valence-corrected chi connectivity index (χ4v) is 2.84. The average molecular weight is 223 g/mol. The van der Waals surface area contributed by atoms with Crippen LogP contribution < -0.4 is 0 Å². The van der Waals surface area contributed by atoms with Crippen LogP contribution in [0, 0.1) is 5.41 Å². The monoisotopic (exact) mass is 223 g/mol. The Morgan fingerprint density at radius 3 is 2.93 bits per heavy atom. The van der Waals surface area contributed by atoms with Gasteiger partial charge in [0.2, 0.25) is 0 Å². The molecule has 1 aliphatic rings. The highest BCUT2D eigenvalue weighted by atomic mass is 32.1. The van der Waals surface area contributed by atoms with Gasteiger partial charge in [-0.2, -0.15) is 0 Å². The van der Waals surface area contributed by atoms with E-state index in [-0.39, 0.29) is 11.3 Å². The van der Waals surface area contributed by atoms with Gasteiger partial charge >= 0.3 is 0 Å². The first kappa shape index (κ1) is 10.7. The van der Waals surface area contributed by atoms with Crippen molar-refractivity contribution in [1.29, 1.82) is 0 Å². The molecule has 0 bridgehead atoms. The minimum Gasteiger partial charge on any atom is -0.337 e. The van der Waals surface area contributed by atoms with E-state index in [1.807, 2.05) is 22.4 Å². The van der Waals surface area contributed by atoms with Crippen LogP contribution in [0.3, 0.4) is 0 Å². The third-order valence-electron chi connectivity index (χ3n) is 2.92. The third-order valence-corrected chi connectivity index (χ3v) is 3.78. The van der Waals surface area contributed by atoms with Gasteiger partial charge in [0, 0.05) is 13.1 Å². The van der Waals surface area contributed by atoms with Crippen LogP contribution in [0.25, 0.3) is 0 Å². The second kappa shape index (κ2) is 3.97. The number of carbonyl (C=O) groups excluding carboxylic acids is 1. The summed E-state index contributed by atoms with van der Waals surface area (Å²) in [5, 5.41) is 1.96. The maximum absolute atomic E-state index is 12.1. The Morgan fingerprint density at radius 1 is 1.53 bits per heavy atom. The largest absolute Gasteiger partial charge is 0.337 e. The van der Waals surface area contributed by atoms with Gasteiger partial charge in [-0.3, -0.25) is 4.79 Å². The van der Waals surface area contributed by atoms with Crippen molar-refractivity contribution in [3.63, 3.8) is 0 Å². The molecule has 0 aromatic carbocycles. The summed E-state index contributed by atoms with van der Waals surface area (Å²) in [6.07, 6.45) is 2.35. The second-order valence-electron chi connectivity index (χ2n) is 4.97. The molecule has 0 N–H and O–H groups in total. The number of hydrogen-bond acceptors (Lipinski definition) is 2. The molecule has 0 radical (unpaired) electrons. The fourth-order valence-electron chi connectivity index (χ4n) is 2.15. The van der Waals surface area contributed by atoms with Crippen molar-refractivity contribution in [2.24, 2.45) is 5.41 Å². The Bertz CT molecular complexity index is 343. The van der Waals surface area contributed by atoms with Gasteiger partial charge in [-0.25, -0.2) is 0 Å². The minimum atomic E-state index is 0.206. The van der Waals surface area contributed by atoms with Crippen molar-refractivity contribution in [1.82, 2.24) is 4.90 Å². The van der Waals surface area contributed by atoms with E-state index in [2.05, 4.69) is 13.8 Å². The van der Waals surface area contributed by atoms with E-state index in [0.717, 1.165) is 24.4 Å². The first-order chi connectivity index (χ1) is 7.08. The number of likely N-dealkylation sites (tertiary alicyclic amines) is 1. The molecule has 1 aromatic rings. The predicted molar refractivity (Wildman–Crippen MR) is 63.2 cm³/mol. The summed E-state index contributed by atoms with van der Waals surface area (Å²) in [5.74, 6) is 0.206. The first-order valence-corrected chi connectivity index (χ1v) is 6.29. The highest BCUT2D eigenvalue weighted by Gasteiger charge is 2.29. The van der Waals surface area contributed by atoms with Crippen LogP contribution in [0.15, 0.2) is 17.5 Å². The number of nitrogens with zero attached hydrogens (tertiary/aromatic N) is 1. The Kier molecular flexibility index (Phi) is 2.83. The molecule has 82 valence electrons. The molecule has 0 unspecified atom stereocenters. The van der Waals surface area contributed by atoms with Crippen LogP contribution in [0.4, 0.5) is 0 Å². The Labute approximate surface area is 94.9 Å². The number of amides is 1. The molecule has 2 rings (SSSR count). The molecule has 2 nitrogen and oxygen atoms in total. The van der Waals surface area contributed by atoms with Crippen molar-refractivity contribution < 1.29 is 4.79 Å². The summed E-state index contributed by atoms with van der Waals surface area (Å²) in [5.41, 5.74) is 0.283. The van der Waals surface area contributed by atoms with Gasteiger partial charge in [0.05, 0.1) is 4.88 Å². The number of hydrogen-bond donors (Lipinski definition) is 0. The van der Waals surface area contributed by atoms with Crippen molar-refractivity contribution >= 4 is 17.2 Å². The molecule has 0 atom stereocenters. The normalized spacial score (nSPS) is 20.3. The lowest BCUT2D eigenvalue weighted by atomic mass is 9.84. The molecule has 0 saturated carbocycles. The van der Waals surface area contributed by atoms with E-state index >= 15 is 0 Å². The van der Waals surface area contributed by atoms with Crippen molar-refractivity contribution in [3.8, 4) is 0 Å². The van der Waals surface area contributed by atoms with Crippen LogP contribution >= 0.6 is 11.3 Å². The van der Waals surface area contributed by atoms with Gasteiger partial charge in [0.1, 0.15) is 0 Å². The molecule has 1 amide bonds. The van der Waals surface area contributed by atoms with Crippen molar-refractivity contribution in [2.75, 3.05) is 13.1 Å². The molecule has 1 saturated heterocycles. The van der Waals surface area contributed by atoms with Crippen LogP contribution in [-0.4, -0.2) is 23.9 Å². The molecule has 3 heteroatoms. The number of rotatable bonds is 1. The van der Waals surface area contributed by atoms with Gasteiger partial charge in [0.25, 0.3) is 5.91 Å². The zero-order valence-corrected chi connectivity index (χ0v) is 10.1. The average Bonchev–Trinajstić information content (AvgIpc) is 2.67. The molecular weight excluding hydrogens is 206 g/mol. The zero-order valence-electron chi connectivity index (χ0n) is 9.32. The molecule has 1 aliphatic heterocycles. The van der Waals surface area contributed by atoms with Crippen molar-refractivity contribution in [2.45, 2.75) is 26.7 Å². The second-order valence-corrected chi connectivity index (χ2v) is 5.92. The highest BCUT2D eigenvalue weighted by molar-refractivity contribution is 7.12. The summed E-state index contributed by atoms with van der Waals surface area (Å²) in [6.45, 7) is 6.28. The number of carbonyl (C=O) groups is 1. The topological polar surface area (TPSA) is 20.3 Å². The fraction of sp³-hybridized carbons (Fsp3) is 0.583. The van der Waals surface area contributed by atoms with E-state index in [1.54, 1.807) is 0 Å². The predicted octanol–water partition coefficient (Wildman–Crippen LogP) is 3.01. The van der Waals surface area contributed by atoms with Gasteiger partial charge in [-0.15, -0.1) is 11.3 Å². The summed E-state index contributed by atoms with van der Waals surface area (Å²) in [6, 6.07) is 3.85. The summed E-state index contributed by atoms with van der Waals surface area (Å²) >= 11 is 1.53. The first-order valence-electron chi connectivity index (χ1n) is 5.41. The summed E-state index contributed by atoms with van der Waals surface area (Å²) in [4.78, 5) is 14.9. The molecule has 1 fully saturated rings. The van der Waals surface area contributed by atoms with E-state index in [4.69, 9.17) is 0 Å². The maximum Gasteiger partial charge on any atom is 0.263 e. The Balaban J connectivity index is 2.08. The number of thiophene rings is 1. The van der Waals surface area contributed by atoms with E-state index in [9.17, 15) is 4.79 Å². The van der Waals surface area contributed by atoms with Crippen LogP contribution in [0.2, 0.25) is 0 Å². The standard InChI is InChI=1S/C12H17NOS/c1-12(2)6-4-7-13(9-12)11(14)10-5-3-8-15-10/h3,5,8H,4,6-7,9H2,1-2H3. The molecule has 1 aromatic heterocycles. The molecule has 15 heavy (non-hydrogen) atoms. The van der Waals surface area contributed by atoms with E-state index in [0.29, 0.717) is 0 Å². The van der Waals surface area contributed by atoms with Crippen molar-refractivity contribution in [3.05, 3.63) is 22.4 Å². The van der Waals surface area contributed by atoms with E-state index in [1.165, 1.54) is 17.8 Å². The lowest BCUT2D eigenvalue weighted by molar-refractivity contribution is 0.0588. The molecular formula is C12H17NOS. The van der Waals surface area contributed by atoms with Crippen LogP contribution in [0.1, 0.15) is 36.4 Å². The summed E-state index contributed by atoms with van der Waals surface area (Å²) < 4.78 is 0. The van der Waals surface area contributed by atoms with Gasteiger partial charge < -0.3 is 4.90 Å². The minimum absolute atomic E-state index is 0.206. The summed E-state index contributed by atoms with van der Waals surface area (Å²) in [7, 11) is 0. The molecule has 0 aliphatic carbocycles. The smallest absolute Gasteiger partial charge is 0.263 e. The third kappa shape index (κ3) is 2.40. The zero-order chi connectivity index (χ0) is 10.9. The SMILES string of the molecule is CC1(C)CCCN(C(=O)c2cccs2)C1. The Hall–Kier alpha value is -0.830. The quantitative estimate of drug-likeness (QED) is 0.716. The lowest BCUT2D eigenvalue weighted by Gasteiger charge is -2.37.